The van der Waals surface area contributed by atoms with Crippen LogP contribution in [0.1, 0.15) is 24.8 Å². The maximum Gasteiger partial charge on any atom is 0.130 e. The summed E-state index contributed by atoms with van der Waals surface area (Å²) in [6.45, 7) is 0. The number of carbonyl (C=O) groups is 1. The lowest BCUT2D eigenvalue weighted by Crippen LogP contribution is -2.35. The molecule has 1 aliphatic rings. The first-order valence-corrected chi connectivity index (χ1v) is 6.70. The van der Waals surface area contributed by atoms with Crippen molar-refractivity contribution < 1.29 is 4.79 Å². The Labute approximate surface area is 109 Å². The summed E-state index contributed by atoms with van der Waals surface area (Å²) in [5.74, 6) is 0. The van der Waals surface area contributed by atoms with Crippen molar-refractivity contribution in [1.82, 2.24) is 0 Å². The largest absolute Gasteiger partial charge is 0.302 e. The minimum absolute atomic E-state index is 0.222. The van der Waals surface area contributed by atoms with Gasteiger partial charge in [-0.15, -0.1) is 0 Å². The highest BCUT2D eigenvalue weighted by Gasteiger charge is 2.39. The molecule has 0 aliphatic heterocycles. The summed E-state index contributed by atoms with van der Waals surface area (Å²) < 4.78 is 1.09. The van der Waals surface area contributed by atoms with Gasteiger partial charge in [0.25, 0.3) is 0 Å². The second-order valence-electron chi connectivity index (χ2n) is 4.77. The minimum atomic E-state index is -0.222. The summed E-state index contributed by atoms with van der Waals surface area (Å²) in [5, 5.41) is 2.40. The zero-order valence-electron chi connectivity index (χ0n) is 9.45. The van der Waals surface area contributed by atoms with Crippen LogP contribution in [0.15, 0.2) is 40.9 Å². The maximum absolute atomic E-state index is 11.4. The molecule has 0 spiro atoms. The molecule has 86 valence electrons. The van der Waals surface area contributed by atoms with Gasteiger partial charge in [-0.05, 0) is 35.2 Å². The van der Waals surface area contributed by atoms with Gasteiger partial charge in [-0.2, -0.15) is 0 Å². The normalized spacial score (nSPS) is 17.7. The predicted molar refractivity (Wildman–Crippen MR) is 73.2 cm³/mol. The Morgan fingerprint density at radius 2 is 1.76 bits per heavy atom. The van der Waals surface area contributed by atoms with E-state index in [0.717, 1.165) is 30.0 Å². The van der Waals surface area contributed by atoms with Gasteiger partial charge in [-0.3, -0.25) is 0 Å². The quantitative estimate of drug-likeness (QED) is 0.756. The Bertz CT molecular complexity index is 584. The van der Waals surface area contributed by atoms with Crippen LogP contribution in [0, 0.1) is 0 Å². The Balaban J connectivity index is 2.30. The van der Waals surface area contributed by atoms with Crippen LogP contribution in [0.4, 0.5) is 0 Å². The first kappa shape index (κ1) is 11.0. The van der Waals surface area contributed by atoms with Gasteiger partial charge in [0.2, 0.25) is 0 Å². The molecule has 2 heteroatoms. The van der Waals surface area contributed by atoms with Gasteiger partial charge in [0.05, 0.1) is 5.41 Å². The molecule has 1 aliphatic carbocycles. The molecule has 0 atom stereocenters. The highest BCUT2D eigenvalue weighted by molar-refractivity contribution is 9.10. The Kier molecular flexibility index (Phi) is 2.55. The van der Waals surface area contributed by atoms with Crippen molar-refractivity contribution in [2.75, 3.05) is 0 Å². The third kappa shape index (κ3) is 1.54. The topological polar surface area (TPSA) is 17.1 Å². The van der Waals surface area contributed by atoms with E-state index < -0.39 is 0 Å². The van der Waals surface area contributed by atoms with Gasteiger partial charge < -0.3 is 4.79 Å². The van der Waals surface area contributed by atoms with Gasteiger partial charge in [0, 0.05) is 4.47 Å². The monoisotopic (exact) mass is 288 g/mol. The fraction of sp³-hybridized carbons (Fsp3) is 0.267. The molecule has 1 nitrogen and oxygen atoms in total. The van der Waals surface area contributed by atoms with Crippen LogP contribution in [0.5, 0.6) is 0 Å². The summed E-state index contributed by atoms with van der Waals surface area (Å²) in [6.07, 6.45) is 4.28. The molecule has 0 heterocycles. The number of hydrogen-bond donors (Lipinski definition) is 0. The molecule has 0 amide bonds. The molecule has 2 aromatic carbocycles. The third-order valence-electron chi connectivity index (χ3n) is 3.88. The van der Waals surface area contributed by atoms with E-state index >= 15 is 0 Å². The van der Waals surface area contributed by atoms with E-state index in [4.69, 9.17) is 0 Å². The number of carbonyl (C=O) groups excluding carboxylic acids is 1. The molecular formula is C15H13BrO. The number of fused-ring (bicyclic) bond motifs is 1. The maximum atomic E-state index is 11.4. The highest BCUT2D eigenvalue weighted by atomic mass is 79.9. The molecule has 0 saturated heterocycles. The predicted octanol–water partition coefficient (Wildman–Crippen LogP) is 4.22. The van der Waals surface area contributed by atoms with E-state index in [1.54, 1.807) is 0 Å². The fourth-order valence-electron chi connectivity index (χ4n) is 2.71. The van der Waals surface area contributed by atoms with Crippen LogP contribution < -0.4 is 0 Å². The van der Waals surface area contributed by atoms with Gasteiger partial charge in [0.1, 0.15) is 6.29 Å². The van der Waals surface area contributed by atoms with Crippen LogP contribution >= 0.6 is 15.9 Å². The van der Waals surface area contributed by atoms with Crippen LogP contribution in [0.25, 0.3) is 10.8 Å². The summed E-state index contributed by atoms with van der Waals surface area (Å²) in [7, 11) is 0. The van der Waals surface area contributed by atoms with Crippen molar-refractivity contribution in [1.29, 1.82) is 0 Å². The lowest BCUT2D eigenvalue weighted by molar-refractivity contribution is -0.115. The Morgan fingerprint density at radius 3 is 2.41 bits per heavy atom. The van der Waals surface area contributed by atoms with E-state index in [2.05, 4.69) is 34.1 Å². The molecule has 3 rings (SSSR count). The van der Waals surface area contributed by atoms with Gasteiger partial charge in [-0.25, -0.2) is 0 Å². The van der Waals surface area contributed by atoms with Crippen molar-refractivity contribution >= 4 is 33.0 Å². The molecule has 0 N–H and O–H groups in total. The lowest BCUT2D eigenvalue weighted by Gasteiger charge is -2.38. The third-order valence-corrected chi connectivity index (χ3v) is 4.57. The fourth-order valence-corrected chi connectivity index (χ4v) is 3.21. The minimum Gasteiger partial charge on any atom is -0.302 e. The van der Waals surface area contributed by atoms with Crippen molar-refractivity contribution in [2.24, 2.45) is 0 Å². The number of halogens is 1. The number of rotatable bonds is 2. The van der Waals surface area contributed by atoms with Crippen molar-refractivity contribution in [2.45, 2.75) is 24.7 Å². The summed E-state index contributed by atoms with van der Waals surface area (Å²) in [4.78, 5) is 11.4. The smallest absolute Gasteiger partial charge is 0.130 e. The molecule has 1 fully saturated rings. The van der Waals surface area contributed by atoms with Gasteiger partial charge in [0.15, 0.2) is 0 Å². The van der Waals surface area contributed by atoms with E-state index in [1.807, 2.05) is 18.2 Å². The van der Waals surface area contributed by atoms with Gasteiger partial charge >= 0.3 is 0 Å². The Hall–Kier alpha value is -1.15. The molecule has 0 radical (unpaired) electrons. The van der Waals surface area contributed by atoms with Crippen LogP contribution in [0.3, 0.4) is 0 Å². The molecule has 0 bridgehead atoms. The van der Waals surface area contributed by atoms with E-state index in [9.17, 15) is 4.79 Å². The van der Waals surface area contributed by atoms with Crippen LogP contribution in [0.2, 0.25) is 0 Å². The average Bonchev–Trinajstić information content (AvgIpc) is 2.30. The van der Waals surface area contributed by atoms with E-state index in [1.165, 1.54) is 16.3 Å². The van der Waals surface area contributed by atoms with E-state index in [0.29, 0.717) is 0 Å². The highest BCUT2D eigenvalue weighted by Crippen LogP contribution is 2.45. The summed E-state index contributed by atoms with van der Waals surface area (Å²) in [6, 6.07) is 12.4. The molecule has 0 unspecified atom stereocenters. The summed E-state index contributed by atoms with van der Waals surface area (Å²) in [5.41, 5.74) is 0.970. The van der Waals surface area contributed by atoms with E-state index in [-0.39, 0.29) is 5.41 Å². The first-order chi connectivity index (χ1) is 8.27. The molecule has 2 aromatic rings. The standard InChI is InChI=1S/C15H13BrO/c16-14-7-2-4-11-12(14)5-1-6-13(11)15(10-17)8-3-9-15/h1-2,4-7,10H,3,8-9H2. The summed E-state index contributed by atoms with van der Waals surface area (Å²) >= 11 is 3.57. The Morgan fingerprint density at radius 1 is 1.06 bits per heavy atom. The number of aldehydes is 1. The van der Waals surface area contributed by atoms with Crippen molar-refractivity contribution in [3.05, 3.63) is 46.4 Å². The van der Waals surface area contributed by atoms with Crippen molar-refractivity contribution in [3.8, 4) is 0 Å². The second-order valence-corrected chi connectivity index (χ2v) is 5.62. The van der Waals surface area contributed by atoms with Crippen molar-refractivity contribution in [3.63, 3.8) is 0 Å². The number of hydrogen-bond acceptors (Lipinski definition) is 1. The molecule has 0 aromatic heterocycles. The first-order valence-electron chi connectivity index (χ1n) is 5.91. The lowest BCUT2D eigenvalue weighted by atomic mass is 9.64. The SMILES string of the molecule is O=CC1(c2cccc3c(Br)cccc23)CCC1. The molecule has 17 heavy (non-hydrogen) atoms. The van der Waals surface area contributed by atoms with Crippen LogP contribution in [-0.4, -0.2) is 6.29 Å². The van der Waals surface area contributed by atoms with Crippen LogP contribution in [-0.2, 0) is 10.2 Å². The molecular weight excluding hydrogens is 276 g/mol. The zero-order chi connectivity index (χ0) is 11.9. The van der Waals surface area contributed by atoms with Gasteiger partial charge in [-0.1, -0.05) is 52.7 Å². The average molecular weight is 289 g/mol. The molecule has 1 saturated carbocycles. The second kappa shape index (κ2) is 3.95. The number of benzene rings is 2. The zero-order valence-corrected chi connectivity index (χ0v) is 11.0.